The maximum atomic E-state index is 14.2. The van der Waals surface area contributed by atoms with E-state index < -0.39 is 17.7 Å². The highest BCUT2D eigenvalue weighted by atomic mass is 19.1. The van der Waals surface area contributed by atoms with Crippen LogP contribution in [0.5, 0.6) is 0 Å². The van der Waals surface area contributed by atoms with Crippen molar-refractivity contribution in [1.29, 1.82) is 0 Å². The molecule has 4 rings (SSSR count). The van der Waals surface area contributed by atoms with Crippen molar-refractivity contribution in [3.05, 3.63) is 53.4 Å². The van der Waals surface area contributed by atoms with Gasteiger partial charge in [0, 0.05) is 37.2 Å². The third-order valence-electron chi connectivity index (χ3n) is 5.63. The third kappa shape index (κ3) is 4.05. The predicted molar refractivity (Wildman–Crippen MR) is 113 cm³/mol. The average Bonchev–Trinajstić information content (AvgIpc) is 2.75. The smallest absolute Gasteiger partial charge is 0.158 e. The van der Waals surface area contributed by atoms with Gasteiger partial charge in [0.15, 0.2) is 5.82 Å². The number of halogens is 2. The highest BCUT2D eigenvalue weighted by molar-refractivity contribution is 5.92. The van der Waals surface area contributed by atoms with E-state index in [-0.39, 0.29) is 6.10 Å². The zero-order valence-corrected chi connectivity index (χ0v) is 17.3. The van der Waals surface area contributed by atoms with Gasteiger partial charge in [-0.15, -0.1) is 5.10 Å². The summed E-state index contributed by atoms with van der Waals surface area (Å²) in [5.41, 5.74) is 2.80. The molecule has 158 valence electrons. The van der Waals surface area contributed by atoms with E-state index >= 15 is 0 Å². The molecule has 0 bridgehead atoms. The second-order valence-corrected chi connectivity index (χ2v) is 7.70. The van der Waals surface area contributed by atoms with Crippen LogP contribution in [0.2, 0.25) is 0 Å². The number of anilines is 2. The minimum Gasteiger partial charge on any atom is -0.380 e. The summed E-state index contributed by atoms with van der Waals surface area (Å²) in [4.78, 5) is 6.88. The number of pyridine rings is 1. The van der Waals surface area contributed by atoms with Crippen LogP contribution in [0.15, 0.2) is 30.5 Å². The molecule has 0 spiro atoms. The molecule has 1 aromatic carbocycles. The summed E-state index contributed by atoms with van der Waals surface area (Å²) in [5.74, 6) is -0.688. The van der Waals surface area contributed by atoms with Gasteiger partial charge in [0.1, 0.15) is 11.6 Å². The molecule has 1 saturated heterocycles. The van der Waals surface area contributed by atoms with Gasteiger partial charge in [-0.1, -0.05) is 6.07 Å². The van der Waals surface area contributed by atoms with Gasteiger partial charge in [0.05, 0.1) is 35.2 Å². The topological polar surface area (TPSA) is 63.2 Å². The first kappa shape index (κ1) is 20.4. The fourth-order valence-corrected chi connectivity index (χ4v) is 3.93. The lowest BCUT2D eigenvalue weighted by atomic mass is 10.1. The van der Waals surface area contributed by atoms with Crippen molar-refractivity contribution in [2.24, 2.45) is 0 Å². The van der Waals surface area contributed by atoms with Crippen molar-refractivity contribution in [3.8, 4) is 0 Å². The van der Waals surface area contributed by atoms with Crippen LogP contribution in [0.1, 0.15) is 37.1 Å². The van der Waals surface area contributed by atoms with Crippen LogP contribution in [0.4, 0.5) is 20.3 Å². The van der Waals surface area contributed by atoms with Crippen molar-refractivity contribution in [2.45, 2.75) is 38.8 Å². The summed E-state index contributed by atoms with van der Waals surface area (Å²) in [5, 5.41) is 12.5. The van der Waals surface area contributed by atoms with Gasteiger partial charge < -0.3 is 15.0 Å². The van der Waals surface area contributed by atoms with Crippen LogP contribution in [0.25, 0.3) is 10.9 Å². The number of hydrogen-bond donors (Lipinski definition) is 1. The highest BCUT2D eigenvalue weighted by Crippen LogP contribution is 2.30. The van der Waals surface area contributed by atoms with E-state index in [9.17, 15) is 8.78 Å². The fourth-order valence-electron chi connectivity index (χ4n) is 3.93. The van der Waals surface area contributed by atoms with Crippen molar-refractivity contribution in [1.82, 2.24) is 15.2 Å². The molecule has 0 aliphatic carbocycles. The largest absolute Gasteiger partial charge is 0.380 e. The summed E-state index contributed by atoms with van der Waals surface area (Å²) in [7, 11) is 1.74. The normalized spacial score (nSPS) is 17.9. The molecule has 8 heteroatoms. The summed E-state index contributed by atoms with van der Waals surface area (Å²) >= 11 is 0. The second kappa shape index (κ2) is 8.47. The number of methoxy groups -OCH3 is 1. The SMILES string of the molecule is CO[C@H]1CCCN(c2cnc3c(C)nnc(N[C@H](C)c4ccc(F)cc4F)c3c2)C1. The van der Waals surface area contributed by atoms with Crippen LogP contribution in [-0.4, -0.2) is 41.5 Å². The van der Waals surface area contributed by atoms with Gasteiger partial charge in [-0.3, -0.25) is 4.98 Å². The molecule has 0 unspecified atom stereocenters. The van der Waals surface area contributed by atoms with E-state index in [4.69, 9.17) is 4.74 Å². The summed E-state index contributed by atoms with van der Waals surface area (Å²) < 4.78 is 33.0. The molecule has 3 aromatic rings. The Morgan fingerprint density at radius 3 is 2.83 bits per heavy atom. The maximum Gasteiger partial charge on any atom is 0.158 e. The molecular formula is C22H25F2N5O. The van der Waals surface area contributed by atoms with Gasteiger partial charge in [0.2, 0.25) is 0 Å². The van der Waals surface area contributed by atoms with Crippen molar-refractivity contribution >= 4 is 22.4 Å². The molecule has 0 radical (unpaired) electrons. The summed E-state index contributed by atoms with van der Waals surface area (Å²) in [6.45, 7) is 5.40. The number of fused-ring (bicyclic) bond motifs is 1. The fraction of sp³-hybridized carbons (Fsp3) is 0.409. The van der Waals surface area contributed by atoms with E-state index in [0.29, 0.717) is 11.4 Å². The molecule has 1 aliphatic rings. The monoisotopic (exact) mass is 413 g/mol. The Hall–Kier alpha value is -2.87. The molecular weight excluding hydrogens is 388 g/mol. The minimum absolute atomic E-state index is 0.200. The molecule has 3 heterocycles. The van der Waals surface area contributed by atoms with Crippen LogP contribution >= 0.6 is 0 Å². The number of rotatable bonds is 5. The molecule has 6 nitrogen and oxygen atoms in total. The van der Waals surface area contributed by atoms with Crippen molar-refractivity contribution in [2.75, 3.05) is 30.4 Å². The predicted octanol–water partition coefficient (Wildman–Crippen LogP) is 4.40. The van der Waals surface area contributed by atoms with E-state index in [1.165, 1.54) is 12.1 Å². The lowest BCUT2D eigenvalue weighted by Gasteiger charge is -2.33. The molecule has 2 aromatic heterocycles. The second-order valence-electron chi connectivity index (χ2n) is 7.70. The Morgan fingerprint density at radius 1 is 1.23 bits per heavy atom. The quantitative estimate of drug-likeness (QED) is 0.669. The van der Waals surface area contributed by atoms with Crippen LogP contribution in [0.3, 0.4) is 0 Å². The molecule has 0 amide bonds. The lowest BCUT2D eigenvalue weighted by Crippen LogP contribution is -2.39. The van der Waals surface area contributed by atoms with Gasteiger partial charge in [0.25, 0.3) is 0 Å². The van der Waals surface area contributed by atoms with Crippen LogP contribution in [0, 0.1) is 18.6 Å². The van der Waals surface area contributed by atoms with Crippen molar-refractivity contribution in [3.63, 3.8) is 0 Å². The number of nitrogens with zero attached hydrogens (tertiary/aromatic N) is 4. The van der Waals surface area contributed by atoms with E-state index in [2.05, 4.69) is 25.4 Å². The van der Waals surface area contributed by atoms with E-state index in [1.54, 1.807) is 14.0 Å². The zero-order chi connectivity index (χ0) is 21.3. The first-order chi connectivity index (χ1) is 14.5. The molecule has 1 N–H and O–H groups in total. The van der Waals surface area contributed by atoms with Gasteiger partial charge >= 0.3 is 0 Å². The molecule has 30 heavy (non-hydrogen) atoms. The lowest BCUT2D eigenvalue weighted by molar-refractivity contribution is 0.0893. The Balaban J connectivity index is 1.68. The number of ether oxygens (including phenoxy) is 1. The Bertz CT molecular complexity index is 1060. The Kier molecular flexibility index (Phi) is 5.76. The average molecular weight is 413 g/mol. The highest BCUT2D eigenvalue weighted by Gasteiger charge is 2.21. The first-order valence-corrected chi connectivity index (χ1v) is 10.1. The molecule has 0 saturated carbocycles. The van der Waals surface area contributed by atoms with Crippen molar-refractivity contribution < 1.29 is 13.5 Å². The first-order valence-electron chi connectivity index (χ1n) is 10.1. The maximum absolute atomic E-state index is 14.2. The summed E-state index contributed by atoms with van der Waals surface area (Å²) in [6.07, 6.45) is 4.15. The Labute approximate surface area is 174 Å². The van der Waals surface area contributed by atoms with Crippen LogP contribution < -0.4 is 10.2 Å². The number of hydrogen-bond acceptors (Lipinski definition) is 6. The number of piperidine rings is 1. The number of aryl methyl sites for hydroxylation is 1. The number of benzene rings is 1. The molecule has 1 aliphatic heterocycles. The van der Waals surface area contributed by atoms with Gasteiger partial charge in [-0.2, -0.15) is 5.10 Å². The third-order valence-corrected chi connectivity index (χ3v) is 5.63. The van der Waals surface area contributed by atoms with E-state index in [0.717, 1.165) is 54.3 Å². The minimum atomic E-state index is -0.603. The van der Waals surface area contributed by atoms with E-state index in [1.807, 2.05) is 19.2 Å². The van der Waals surface area contributed by atoms with Gasteiger partial charge in [-0.05, 0) is 38.8 Å². The number of nitrogens with one attached hydrogen (secondary N) is 1. The zero-order valence-electron chi connectivity index (χ0n) is 17.3. The van der Waals surface area contributed by atoms with Crippen LogP contribution in [-0.2, 0) is 4.74 Å². The van der Waals surface area contributed by atoms with Gasteiger partial charge in [-0.25, -0.2) is 8.78 Å². The molecule has 2 atom stereocenters. The summed E-state index contributed by atoms with van der Waals surface area (Å²) in [6, 6.07) is 5.18. The number of aromatic nitrogens is 3. The molecule has 1 fully saturated rings. The standard InChI is InChI=1S/C22H25F2N5O/c1-13(18-7-6-15(23)9-20(18)24)26-22-19-10-16(11-25-21(19)14(2)27-28-22)29-8-4-5-17(12-29)30-3/h6-7,9-11,13,17H,4-5,8,12H2,1-3H3,(H,26,28)/t13-,17+/m1/s1. The Morgan fingerprint density at radius 2 is 2.07 bits per heavy atom.